The van der Waals surface area contributed by atoms with Gasteiger partial charge < -0.3 is 15.2 Å². The van der Waals surface area contributed by atoms with Gasteiger partial charge in [0.2, 0.25) is 3.79 Å². The highest BCUT2D eigenvalue weighted by atomic mass is 79.9. The third kappa shape index (κ3) is 6.38. The van der Waals surface area contributed by atoms with E-state index in [2.05, 4.69) is 21.2 Å². The first kappa shape index (κ1) is 19.1. The number of carbonyl (C=O) groups excluding carboxylic acids is 1. The van der Waals surface area contributed by atoms with E-state index >= 15 is 0 Å². The zero-order chi connectivity index (χ0) is 16.0. The molecule has 4 nitrogen and oxygen atoms in total. The number of benzene rings is 1. The van der Waals surface area contributed by atoms with Gasteiger partial charge in [-0.2, -0.15) is 0 Å². The number of alkyl halides is 4. The van der Waals surface area contributed by atoms with Crippen molar-refractivity contribution in [2.45, 2.75) is 16.4 Å². The molecular formula is C12H12BrCl4NO3. The van der Waals surface area contributed by atoms with E-state index in [1.165, 1.54) is 18.2 Å². The summed E-state index contributed by atoms with van der Waals surface area (Å²) >= 11 is 26.3. The molecule has 9 heteroatoms. The van der Waals surface area contributed by atoms with Crippen LogP contribution in [0.2, 0.25) is 5.02 Å². The van der Waals surface area contributed by atoms with Gasteiger partial charge in [-0.05, 0) is 24.6 Å². The van der Waals surface area contributed by atoms with E-state index in [4.69, 9.17) is 51.1 Å². The van der Waals surface area contributed by atoms with E-state index in [1.807, 2.05) is 0 Å². The molecule has 1 unspecified atom stereocenters. The Kier molecular flexibility index (Phi) is 7.88. The average molecular weight is 440 g/mol. The summed E-state index contributed by atoms with van der Waals surface area (Å²) in [6, 6.07) is 4.06. The Balaban J connectivity index is 2.82. The summed E-state index contributed by atoms with van der Waals surface area (Å²) in [7, 11) is 0. The van der Waals surface area contributed by atoms with Gasteiger partial charge in [-0.3, -0.25) is 4.79 Å². The summed E-state index contributed by atoms with van der Waals surface area (Å²) in [5, 5.41) is 13.1. The molecule has 1 atom stereocenters. The van der Waals surface area contributed by atoms with Gasteiger partial charge in [0, 0.05) is 10.4 Å². The Morgan fingerprint density at radius 3 is 2.67 bits per heavy atom. The molecule has 21 heavy (non-hydrogen) atoms. The summed E-state index contributed by atoms with van der Waals surface area (Å²) in [5.74, 6) is -0.898. The lowest BCUT2D eigenvalue weighted by atomic mass is 10.2. The van der Waals surface area contributed by atoms with Crippen LogP contribution in [0.25, 0.3) is 0 Å². The molecule has 0 heterocycles. The maximum atomic E-state index is 12.1. The Bertz CT molecular complexity index is 496. The molecule has 0 aliphatic rings. The molecule has 0 saturated heterocycles. The van der Waals surface area contributed by atoms with Crippen LogP contribution in [-0.2, 0) is 4.74 Å². The van der Waals surface area contributed by atoms with Crippen LogP contribution in [0.4, 0.5) is 0 Å². The molecule has 2 N–H and O–H groups in total. The summed E-state index contributed by atoms with van der Waals surface area (Å²) < 4.78 is 3.49. The highest BCUT2D eigenvalue weighted by Crippen LogP contribution is 2.31. The highest BCUT2D eigenvalue weighted by molar-refractivity contribution is 9.09. The maximum absolute atomic E-state index is 12.1. The normalized spacial score (nSPS) is 13.0. The van der Waals surface area contributed by atoms with Crippen LogP contribution in [0.15, 0.2) is 18.2 Å². The Hall–Kier alpha value is 0.0900. The highest BCUT2D eigenvalue weighted by Gasteiger charge is 2.35. The van der Waals surface area contributed by atoms with E-state index in [-0.39, 0.29) is 17.9 Å². The lowest BCUT2D eigenvalue weighted by molar-refractivity contribution is 0.0306. The Morgan fingerprint density at radius 2 is 2.10 bits per heavy atom. The molecule has 0 aliphatic heterocycles. The molecule has 1 aromatic carbocycles. The summed E-state index contributed by atoms with van der Waals surface area (Å²) in [6.07, 6.45) is -0.484. The predicted octanol–water partition coefficient (Wildman–Crippen LogP) is 4.27. The van der Waals surface area contributed by atoms with Gasteiger partial charge in [-0.25, -0.2) is 0 Å². The van der Waals surface area contributed by atoms with Crippen LogP contribution in [0, 0.1) is 0 Å². The second kappa shape index (κ2) is 8.65. The molecule has 1 amide bonds. The number of hydrogen-bond donors (Lipinski definition) is 2. The van der Waals surface area contributed by atoms with Crippen LogP contribution in [0.5, 0.6) is 5.75 Å². The Morgan fingerprint density at radius 1 is 1.43 bits per heavy atom. The number of phenols is 1. The van der Waals surface area contributed by atoms with Gasteiger partial charge >= 0.3 is 0 Å². The smallest absolute Gasteiger partial charge is 0.257 e. The van der Waals surface area contributed by atoms with Crippen LogP contribution in [0.1, 0.15) is 16.8 Å². The van der Waals surface area contributed by atoms with Gasteiger partial charge in [0.25, 0.3) is 5.91 Å². The average Bonchev–Trinajstić information content (AvgIpc) is 2.39. The van der Waals surface area contributed by atoms with Crippen molar-refractivity contribution in [1.29, 1.82) is 0 Å². The molecule has 0 radical (unpaired) electrons. The number of phenolic OH excluding ortho intramolecular Hbond substituents is 1. The minimum atomic E-state index is -1.85. The van der Waals surface area contributed by atoms with Crippen molar-refractivity contribution >= 4 is 68.2 Å². The zero-order valence-corrected chi connectivity index (χ0v) is 15.2. The monoisotopic (exact) mass is 437 g/mol. The summed E-state index contributed by atoms with van der Waals surface area (Å²) in [5.41, 5.74) is -0.0363. The van der Waals surface area contributed by atoms with Crippen LogP contribution in [0.3, 0.4) is 0 Å². The SMILES string of the molecule is O=C(NC(OCCCBr)C(Cl)(Cl)Cl)c1cc(Cl)ccc1O. The first-order chi connectivity index (χ1) is 9.75. The topological polar surface area (TPSA) is 58.6 Å². The van der Waals surface area contributed by atoms with Gasteiger partial charge in [0.15, 0.2) is 6.23 Å². The molecular weight excluding hydrogens is 428 g/mol. The summed E-state index contributed by atoms with van der Waals surface area (Å²) in [6.45, 7) is 0.283. The van der Waals surface area contributed by atoms with Gasteiger partial charge in [-0.1, -0.05) is 62.3 Å². The van der Waals surface area contributed by atoms with Crippen molar-refractivity contribution in [2.75, 3.05) is 11.9 Å². The molecule has 0 aliphatic carbocycles. The van der Waals surface area contributed by atoms with Crippen molar-refractivity contribution in [1.82, 2.24) is 5.32 Å². The second-order valence-corrected chi connectivity index (χ2v) is 7.57. The molecule has 0 spiro atoms. The van der Waals surface area contributed by atoms with Crippen LogP contribution in [-0.4, -0.2) is 33.0 Å². The lowest BCUT2D eigenvalue weighted by Crippen LogP contribution is -2.46. The van der Waals surface area contributed by atoms with Crippen molar-refractivity contribution in [3.63, 3.8) is 0 Å². The third-order valence-electron chi connectivity index (χ3n) is 2.33. The molecule has 0 fully saturated rings. The lowest BCUT2D eigenvalue weighted by Gasteiger charge is -2.25. The van der Waals surface area contributed by atoms with Crippen LogP contribution < -0.4 is 5.32 Å². The number of rotatable bonds is 6. The standard InChI is InChI=1S/C12H12BrCl4NO3/c13-4-1-5-21-11(12(15,16)17)18-10(20)8-6-7(14)2-3-9(8)19/h2-3,6,11,19H,1,4-5H2,(H,18,20). The van der Waals surface area contributed by atoms with Crippen molar-refractivity contribution in [3.05, 3.63) is 28.8 Å². The minimum Gasteiger partial charge on any atom is -0.507 e. The quantitative estimate of drug-likeness (QED) is 0.395. The van der Waals surface area contributed by atoms with Crippen LogP contribution >= 0.6 is 62.3 Å². The molecule has 1 rings (SSSR count). The largest absolute Gasteiger partial charge is 0.507 e. The number of carbonyl (C=O) groups is 1. The fraction of sp³-hybridized carbons (Fsp3) is 0.417. The fourth-order valence-electron chi connectivity index (χ4n) is 1.36. The van der Waals surface area contributed by atoms with Crippen molar-refractivity contribution < 1.29 is 14.6 Å². The fourth-order valence-corrected chi connectivity index (χ4v) is 2.11. The van der Waals surface area contributed by atoms with E-state index < -0.39 is 15.9 Å². The number of aromatic hydroxyl groups is 1. The first-order valence-corrected chi connectivity index (χ1v) is 8.42. The van der Waals surface area contributed by atoms with E-state index in [0.29, 0.717) is 16.8 Å². The third-order valence-corrected chi connectivity index (χ3v) is 3.72. The zero-order valence-electron chi connectivity index (χ0n) is 10.6. The molecule has 0 saturated carbocycles. The molecule has 1 aromatic rings. The molecule has 0 aromatic heterocycles. The van der Waals surface area contributed by atoms with E-state index in [1.54, 1.807) is 0 Å². The van der Waals surface area contributed by atoms with Crippen molar-refractivity contribution in [2.24, 2.45) is 0 Å². The number of amides is 1. The Labute approximate surface area is 150 Å². The number of ether oxygens (including phenoxy) is 1. The minimum absolute atomic E-state index is 0.0363. The summed E-state index contributed by atoms with van der Waals surface area (Å²) in [4.78, 5) is 12.1. The van der Waals surface area contributed by atoms with E-state index in [9.17, 15) is 9.90 Å². The van der Waals surface area contributed by atoms with Gasteiger partial charge in [0.05, 0.1) is 12.2 Å². The molecule has 0 bridgehead atoms. The maximum Gasteiger partial charge on any atom is 0.257 e. The van der Waals surface area contributed by atoms with E-state index in [0.717, 1.165) is 0 Å². The number of nitrogens with one attached hydrogen (secondary N) is 1. The van der Waals surface area contributed by atoms with Crippen molar-refractivity contribution in [3.8, 4) is 5.75 Å². The number of hydrogen-bond acceptors (Lipinski definition) is 3. The molecule has 118 valence electrons. The first-order valence-electron chi connectivity index (χ1n) is 5.79. The predicted molar refractivity (Wildman–Crippen MR) is 89.0 cm³/mol. The van der Waals surface area contributed by atoms with Gasteiger partial charge in [-0.15, -0.1) is 0 Å². The second-order valence-electron chi connectivity index (χ2n) is 3.97. The van der Waals surface area contributed by atoms with Gasteiger partial charge in [0.1, 0.15) is 5.75 Å². The number of halogens is 5.